The lowest BCUT2D eigenvalue weighted by Crippen LogP contribution is -2.01. The van der Waals surface area contributed by atoms with Crippen molar-refractivity contribution in [2.75, 3.05) is 13.2 Å². The summed E-state index contributed by atoms with van der Waals surface area (Å²) in [4.78, 5) is 0. The molecular formula is C30H53IO2. The van der Waals surface area contributed by atoms with Crippen molar-refractivity contribution < 1.29 is 9.47 Å². The van der Waals surface area contributed by atoms with Gasteiger partial charge in [-0.2, -0.15) is 0 Å². The van der Waals surface area contributed by atoms with Crippen LogP contribution >= 0.6 is 22.6 Å². The summed E-state index contributed by atoms with van der Waals surface area (Å²) in [7, 11) is 0. The SMILES string of the molecule is CCCCCCCCCCCCOc1ccc(OCCCCCCCCCCCC)c(I)c1. The van der Waals surface area contributed by atoms with Crippen LogP contribution in [0.3, 0.4) is 0 Å². The Labute approximate surface area is 220 Å². The molecule has 0 saturated carbocycles. The van der Waals surface area contributed by atoms with E-state index >= 15 is 0 Å². The maximum Gasteiger partial charge on any atom is 0.132 e. The molecule has 1 rings (SSSR count). The van der Waals surface area contributed by atoms with E-state index in [0.29, 0.717) is 0 Å². The Balaban J connectivity index is 1.98. The third-order valence-corrected chi connectivity index (χ3v) is 7.27. The van der Waals surface area contributed by atoms with Crippen molar-refractivity contribution in [2.45, 2.75) is 142 Å². The zero-order valence-electron chi connectivity index (χ0n) is 22.0. The summed E-state index contributed by atoms with van der Waals surface area (Å²) in [6.45, 7) is 6.22. The number of ether oxygens (including phenoxy) is 2. The first kappa shape index (κ1) is 30.6. The van der Waals surface area contributed by atoms with Crippen LogP contribution in [-0.2, 0) is 0 Å². The van der Waals surface area contributed by atoms with E-state index in [-0.39, 0.29) is 0 Å². The molecule has 3 heteroatoms. The first-order chi connectivity index (χ1) is 16.3. The number of hydrogen-bond acceptors (Lipinski definition) is 2. The summed E-state index contributed by atoms with van der Waals surface area (Å²) < 4.78 is 13.1. The molecule has 0 N–H and O–H groups in total. The van der Waals surface area contributed by atoms with Gasteiger partial charge in [0.15, 0.2) is 0 Å². The summed E-state index contributed by atoms with van der Waals surface area (Å²) in [6.07, 6.45) is 27.2. The minimum Gasteiger partial charge on any atom is -0.494 e. The van der Waals surface area contributed by atoms with Gasteiger partial charge in [0.05, 0.1) is 16.8 Å². The van der Waals surface area contributed by atoms with Crippen LogP contribution in [-0.4, -0.2) is 13.2 Å². The van der Waals surface area contributed by atoms with Gasteiger partial charge in [0, 0.05) is 0 Å². The monoisotopic (exact) mass is 572 g/mol. The van der Waals surface area contributed by atoms with Crippen molar-refractivity contribution in [1.82, 2.24) is 0 Å². The van der Waals surface area contributed by atoms with E-state index in [1.807, 2.05) is 0 Å². The summed E-state index contributed by atoms with van der Waals surface area (Å²) in [5.41, 5.74) is 0. The summed E-state index contributed by atoms with van der Waals surface area (Å²) in [6, 6.07) is 6.25. The van der Waals surface area contributed by atoms with Gasteiger partial charge in [0.2, 0.25) is 0 Å². The summed E-state index contributed by atoms with van der Waals surface area (Å²) in [5, 5.41) is 0. The van der Waals surface area contributed by atoms with Crippen molar-refractivity contribution in [1.29, 1.82) is 0 Å². The second kappa shape index (κ2) is 23.3. The number of benzene rings is 1. The van der Waals surface area contributed by atoms with Gasteiger partial charge < -0.3 is 9.47 Å². The zero-order chi connectivity index (χ0) is 23.8. The topological polar surface area (TPSA) is 18.5 Å². The molecule has 0 heterocycles. The molecule has 0 radical (unpaired) electrons. The Morgan fingerprint density at radius 1 is 0.515 bits per heavy atom. The van der Waals surface area contributed by atoms with E-state index in [0.717, 1.165) is 41.1 Å². The molecule has 0 amide bonds. The molecule has 0 aliphatic rings. The molecule has 0 aromatic heterocycles. The highest BCUT2D eigenvalue weighted by atomic mass is 127. The van der Waals surface area contributed by atoms with Crippen LogP contribution in [0.1, 0.15) is 142 Å². The predicted molar refractivity (Wildman–Crippen MR) is 154 cm³/mol. The number of unbranched alkanes of at least 4 members (excludes halogenated alkanes) is 18. The molecule has 33 heavy (non-hydrogen) atoms. The largest absolute Gasteiger partial charge is 0.494 e. The Bertz CT molecular complexity index is 546. The molecule has 0 aliphatic carbocycles. The van der Waals surface area contributed by atoms with E-state index < -0.39 is 0 Å². The standard InChI is InChI=1S/C30H53IO2/c1-3-5-7-9-11-13-15-17-19-21-25-32-28-23-24-30(29(31)27-28)33-26-22-20-18-16-14-12-10-8-6-4-2/h23-24,27H,3-22,25-26H2,1-2H3. The number of hydrogen-bond donors (Lipinski definition) is 0. The van der Waals surface area contributed by atoms with Gasteiger partial charge in [-0.3, -0.25) is 0 Å². The lowest BCUT2D eigenvalue weighted by atomic mass is 10.1. The Morgan fingerprint density at radius 3 is 1.33 bits per heavy atom. The quantitative estimate of drug-likeness (QED) is 0.0906. The first-order valence-corrected chi connectivity index (χ1v) is 15.4. The molecule has 0 atom stereocenters. The average molecular weight is 573 g/mol. The van der Waals surface area contributed by atoms with E-state index in [1.54, 1.807) is 0 Å². The molecule has 0 unspecified atom stereocenters. The van der Waals surface area contributed by atoms with Crippen molar-refractivity contribution in [3.8, 4) is 11.5 Å². The summed E-state index contributed by atoms with van der Waals surface area (Å²) in [5.74, 6) is 1.97. The van der Waals surface area contributed by atoms with Gasteiger partial charge >= 0.3 is 0 Å². The third kappa shape index (κ3) is 18.5. The fourth-order valence-electron chi connectivity index (χ4n) is 4.24. The molecule has 0 aliphatic heterocycles. The van der Waals surface area contributed by atoms with Crippen LogP contribution in [0.2, 0.25) is 0 Å². The smallest absolute Gasteiger partial charge is 0.132 e. The molecule has 0 bridgehead atoms. The van der Waals surface area contributed by atoms with E-state index in [2.05, 4.69) is 54.6 Å². The number of rotatable bonds is 24. The second-order valence-electron chi connectivity index (χ2n) is 9.65. The van der Waals surface area contributed by atoms with Crippen LogP contribution in [0, 0.1) is 3.57 Å². The van der Waals surface area contributed by atoms with Crippen molar-refractivity contribution in [2.24, 2.45) is 0 Å². The van der Waals surface area contributed by atoms with Gasteiger partial charge in [-0.1, -0.05) is 129 Å². The van der Waals surface area contributed by atoms with Crippen LogP contribution in [0.4, 0.5) is 0 Å². The highest BCUT2D eigenvalue weighted by molar-refractivity contribution is 14.1. The van der Waals surface area contributed by atoms with Gasteiger partial charge in [-0.25, -0.2) is 0 Å². The molecular weight excluding hydrogens is 519 g/mol. The highest BCUT2D eigenvalue weighted by Crippen LogP contribution is 2.26. The zero-order valence-corrected chi connectivity index (χ0v) is 24.1. The summed E-state index contributed by atoms with van der Waals surface area (Å²) >= 11 is 2.37. The van der Waals surface area contributed by atoms with Crippen LogP contribution in [0.15, 0.2) is 18.2 Å². The van der Waals surface area contributed by atoms with Crippen molar-refractivity contribution in [3.05, 3.63) is 21.8 Å². The fraction of sp³-hybridized carbons (Fsp3) is 0.800. The minimum absolute atomic E-state index is 0.825. The third-order valence-electron chi connectivity index (χ3n) is 6.43. The van der Waals surface area contributed by atoms with Gasteiger partial charge in [-0.15, -0.1) is 0 Å². The van der Waals surface area contributed by atoms with Gasteiger partial charge in [-0.05, 0) is 53.6 Å². The first-order valence-electron chi connectivity index (χ1n) is 14.3. The molecule has 192 valence electrons. The van der Waals surface area contributed by atoms with Crippen molar-refractivity contribution in [3.63, 3.8) is 0 Å². The minimum atomic E-state index is 0.825. The molecule has 1 aromatic carbocycles. The average Bonchev–Trinajstić information content (AvgIpc) is 2.82. The van der Waals surface area contributed by atoms with Crippen LogP contribution in [0.5, 0.6) is 11.5 Å². The Hall–Kier alpha value is -0.450. The number of halogens is 1. The lowest BCUT2D eigenvalue weighted by molar-refractivity contribution is 0.294. The maximum atomic E-state index is 6.01. The van der Waals surface area contributed by atoms with Gasteiger partial charge in [0.1, 0.15) is 11.5 Å². The van der Waals surface area contributed by atoms with E-state index in [4.69, 9.17) is 9.47 Å². The van der Waals surface area contributed by atoms with E-state index in [9.17, 15) is 0 Å². The molecule has 0 fully saturated rings. The maximum absolute atomic E-state index is 6.01. The Kier molecular flexibility index (Phi) is 21.6. The predicted octanol–water partition coefficient (Wildman–Crippen LogP) is 10.9. The molecule has 1 aromatic rings. The second-order valence-corrected chi connectivity index (χ2v) is 10.8. The molecule has 0 saturated heterocycles. The molecule has 2 nitrogen and oxygen atoms in total. The van der Waals surface area contributed by atoms with Crippen LogP contribution < -0.4 is 9.47 Å². The lowest BCUT2D eigenvalue weighted by Gasteiger charge is -2.11. The van der Waals surface area contributed by atoms with Crippen molar-refractivity contribution >= 4 is 22.6 Å². The van der Waals surface area contributed by atoms with Crippen LogP contribution in [0.25, 0.3) is 0 Å². The Morgan fingerprint density at radius 2 is 0.909 bits per heavy atom. The normalized spacial score (nSPS) is 11.1. The van der Waals surface area contributed by atoms with Gasteiger partial charge in [0.25, 0.3) is 0 Å². The van der Waals surface area contributed by atoms with E-state index in [1.165, 1.54) is 116 Å². The molecule has 0 spiro atoms. The fourth-order valence-corrected chi connectivity index (χ4v) is 4.88. The highest BCUT2D eigenvalue weighted by Gasteiger charge is 2.04.